The molecule has 3 aromatic rings. The summed E-state index contributed by atoms with van der Waals surface area (Å²) in [5.41, 5.74) is 2.15. The van der Waals surface area contributed by atoms with Gasteiger partial charge in [-0.1, -0.05) is 30.3 Å². The second-order valence-corrected chi connectivity index (χ2v) is 13.9. The zero-order valence-corrected chi connectivity index (χ0v) is 26.7. The third kappa shape index (κ3) is 8.20. The fraction of sp³-hybridized carbons (Fsp3) is 0.606. The molecule has 1 aromatic carbocycles. The minimum absolute atomic E-state index is 0.167. The number of hydrogen-bond acceptors (Lipinski definition) is 8. The topological polar surface area (TPSA) is 73.8 Å². The summed E-state index contributed by atoms with van der Waals surface area (Å²) in [4.78, 5) is 28.5. The molecular formula is C33H48N6O2S. The number of thiophene rings is 1. The molecule has 3 aliphatic heterocycles. The van der Waals surface area contributed by atoms with E-state index in [1.54, 1.807) is 22.6 Å². The molecule has 2 aromatic heterocycles. The zero-order chi connectivity index (χ0) is 29.5. The van der Waals surface area contributed by atoms with Crippen molar-refractivity contribution in [3.8, 4) is 11.1 Å². The van der Waals surface area contributed by atoms with Crippen LogP contribution in [0.3, 0.4) is 0 Å². The van der Waals surface area contributed by atoms with E-state index in [1.165, 1.54) is 61.8 Å². The minimum atomic E-state index is -0.361. The van der Waals surface area contributed by atoms with Crippen LogP contribution in [-0.2, 0) is 4.74 Å². The number of anilines is 1. The molecule has 0 bridgehead atoms. The van der Waals surface area contributed by atoms with E-state index in [1.807, 2.05) is 20.8 Å². The summed E-state index contributed by atoms with van der Waals surface area (Å²) in [6.07, 6.45) is 8.92. The normalized spacial score (nSPS) is 19.8. The van der Waals surface area contributed by atoms with Crippen LogP contribution in [0.25, 0.3) is 21.3 Å². The number of amides is 1. The van der Waals surface area contributed by atoms with Gasteiger partial charge in [0, 0.05) is 56.3 Å². The average Bonchev–Trinajstić information content (AvgIpc) is 3.76. The highest BCUT2D eigenvalue weighted by molar-refractivity contribution is 7.17. The Bertz CT molecular complexity index is 1270. The van der Waals surface area contributed by atoms with Crippen molar-refractivity contribution in [1.29, 1.82) is 0 Å². The predicted molar refractivity (Wildman–Crippen MR) is 173 cm³/mol. The quantitative estimate of drug-likeness (QED) is 0.361. The number of ether oxygens (including phenoxy) is 1. The maximum absolute atomic E-state index is 11.4. The van der Waals surface area contributed by atoms with E-state index >= 15 is 0 Å². The highest BCUT2D eigenvalue weighted by Gasteiger charge is 2.26. The first-order chi connectivity index (χ1) is 20.3. The molecule has 1 N–H and O–H groups in total. The number of nitrogens with zero attached hydrogens (tertiary/aromatic N) is 5. The third-order valence-corrected chi connectivity index (χ3v) is 9.26. The Morgan fingerprint density at radius 2 is 1.76 bits per heavy atom. The number of aromatic nitrogens is 2. The van der Waals surface area contributed by atoms with Gasteiger partial charge in [0.2, 0.25) is 0 Å². The van der Waals surface area contributed by atoms with Crippen LogP contribution >= 0.6 is 11.3 Å². The van der Waals surface area contributed by atoms with Crippen molar-refractivity contribution in [3.05, 3.63) is 42.0 Å². The van der Waals surface area contributed by atoms with E-state index in [4.69, 9.17) is 9.72 Å². The number of nitrogens with one attached hydrogen (secondary N) is 1. The Hall–Kier alpha value is -2.75. The number of likely N-dealkylation sites (N-methyl/N-ethyl adjacent to an activating group) is 1. The van der Waals surface area contributed by atoms with Crippen LogP contribution in [-0.4, -0.2) is 90.4 Å². The van der Waals surface area contributed by atoms with E-state index in [9.17, 15) is 4.79 Å². The van der Waals surface area contributed by atoms with Gasteiger partial charge in [0.15, 0.2) is 0 Å². The lowest BCUT2D eigenvalue weighted by Crippen LogP contribution is -2.41. The number of hydrogen-bond donors (Lipinski definition) is 1. The Morgan fingerprint density at radius 1 is 1.02 bits per heavy atom. The maximum Gasteiger partial charge on any atom is 0.410 e. The van der Waals surface area contributed by atoms with Crippen LogP contribution < -0.4 is 10.2 Å². The number of benzene rings is 1. The van der Waals surface area contributed by atoms with Crippen molar-refractivity contribution in [3.63, 3.8) is 0 Å². The van der Waals surface area contributed by atoms with Gasteiger partial charge in [-0.2, -0.15) is 0 Å². The molecule has 6 rings (SSSR count). The second-order valence-electron chi connectivity index (χ2n) is 13.0. The van der Waals surface area contributed by atoms with Gasteiger partial charge in [0.1, 0.15) is 22.6 Å². The molecule has 0 aliphatic carbocycles. The Kier molecular flexibility index (Phi) is 10.3. The minimum Gasteiger partial charge on any atom is -0.444 e. The van der Waals surface area contributed by atoms with E-state index in [-0.39, 0.29) is 11.7 Å². The van der Waals surface area contributed by atoms with Crippen LogP contribution in [0, 0.1) is 5.92 Å². The highest BCUT2D eigenvalue weighted by Crippen LogP contribution is 2.38. The Balaban J connectivity index is 0.000000248. The maximum atomic E-state index is 11.4. The van der Waals surface area contributed by atoms with Crippen LogP contribution in [0.1, 0.15) is 59.3 Å². The van der Waals surface area contributed by atoms with Gasteiger partial charge >= 0.3 is 6.09 Å². The fourth-order valence-electron chi connectivity index (χ4n) is 6.29. The number of rotatable bonds is 6. The monoisotopic (exact) mass is 592 g/mol. The van der Waals surface area contributed by atoms with Crippen molar-refractivity contribution < 1.29 is 9.53 Å². The Morgan fingerprint density at radius 3 is 2.43 bits per heavy atom. The van der Waals surface area contributed by atoms with Crippen LogP contribution in [0.5, 0.6) is 0 Å². The van der Waals surface area contributed by atoms with Crippen molar-refractivity contribution in [1.82, 2.24) is 25.1 Å². The molecule has 0 saturated carbocycles. The molecule has 3 fully saturated rings. The third-order valence-electron chi connectivity index (χ3n) is 8.37. The molecule has 8 nitrogen and oxygen atoms in total. The molecule has 0 radical (unpaired) electrons. The molecule has 3 saturated heterocycles. The average molecular weight is 593 g/mol. The number of carbonyl (C=O) groups is 1. The van der Waals surface area contributed by atoms with Gasteiger partial charge in [-0.05, 0) is 84.4 Å². The molecular weight excluding hydrogens is 544 g/mol. The van der Waals surface area contributed by atoms with E-state index in [2.05, 4.69) is 62.9 Å². The van der Waals surface area contributed by atoms with E-state index < -0.39 is 0 Å². The standard InChI is InChI=1S/C24H31N5S.C9H17NO2/c1-28(15-20-8-5-11-25-20)14-18-9-12-29(13-10-18)23-22-21(19-6-3-2-4-7-19)16-30-24(22)27-17-26-23;1-9(2,3)12-8(11)10-6-4-5-7-10/h2-4,6-7,16-18,20,25H,5,8-15H2,1H3;4-7H2,1-3H3. The SMILES string of the molecule is CC(C)(C)OC(=O)N1CCCC1.CN(CC1CCN(c2ncnc3scc(-c4ccccc4)c23)CC1)CC1CCCN1. The number of likely N-dealkylation sites (tertiary alicyclic amines) is 1. The molecule has 5 heterocycles. The lowest BCUT2D eigenvalue weighted by atomic mass is 9.95. The zero-order valence-electron chi connectivity index (χ0n) is 25.8. The van der Waals surface area contributed by atoms with Gasteiger partial charge in [-0.15, -0.1) is 11.3 Å². The molecule has 1 atom stereocenters. The van der Waals surface area contributed by atoms with Crippen molar-refractivity contribution in [2.75, 3.05) is 57.8 Å². The predicted octanol–water partition coefficient (Wildman–Crippen LogP) is 6.28. The van der Waals surface area contributed by atoms with Crippen molar-refractivity contribution in [2.24, 2.45) is 5.92 Å². The van der Waals surface area contributed by atoms with Gasteiger partial charge in [-0.25, -0.2) is 14.8 Å². The number of fused-ring (bicyclic) bond motifs is 1. The lowest BCUT2D eigenvalue weighted by Gasteiger charge is -2.35. The van der Waals surface area contributed by atoms with Crippen molar-refractivity contribution in [2.45, 2.75) is 70.9 Å². The first-order valence-electron chi connectivity index (χ1n) is 15.7. The molecule has 0 spiro atoms. The van der Waals surface area contributed by atoms with Crippen LogP contribution in [0.4, 0.5) is 10.6 Å². The van der Waals surface area contributed by atoms with Gasteiger partial charge in [0.25, 0.3) is 0 Å². The summed E-state index contributed by atoms with van der Waals surface area (Å²) in [7, 11) is 2.29. The smallest absolute Gasteiger partial charge is 0.410 e. The van der Waals surface area contributed by atoms with Crippen LogP contribution in [0.15, 0.2) is 42.0 Å². The first kappa shape index (κ1) is 30.7. The largest absolute Gasteiger partial charge is 0.444 e. The van der Waals surface area contributed by atoms with Crippen LogP contribution in [0.2, 0.25) is 0 Å². The summed E-state index contributed by atoms with van der Waals surface area (Å²) in [6.45, 7) is 13.1. The fourth-order valence-corrected chi connectivity index (χ4v) is 7.20. The van der Waals surface area contributed by atoms with Crippen molar-refractivity contribution >= 4 is 33.5 Å². The lowest BCUT2D eigenvalue weighted by molar-refractivity contribution is 0.0295. The van der Waals surface area contributed by atoms with Gasteiger partial charge < -0.3 is 24.8 Å². The molecule has 1 unspecified atom stereocenters. The molecule has 1 amide bonds. The summed E-state index contributed by atoms with van der Waals surface area (Å²) in [5, 5.41) is 7.08. The summed E-state index contributed by atoms with van der Waals surface area (Å²) < 4.78 is 5.21. The highest BCUT2D eigenvalue weighted by atomic mass is 32.1. The summed E-state index contributed by atoms with van der Waals surface area (Å²) in [6, 6.07) is 11.3. The molecule has 42 heavy (non-hydrogen) atoms. The van der Waals surface area contributed by atoms with E-state index in [0.29, 0.717) is 6.04 Å². The molecule has 228 valence electrons. The molecule has 9 heteroatoms. The van der Waals surface area contributed by atoms with Gasteiger partial charge in [-0.3, -0.25) is 0 Å². The summed E-state index contributed by atoms with van der Waals surface area (Å²) in [5.74, 6) is 1.89. The number of carbonyl (C=O) groups excluding carboxylic acids is 1. The number of piperidine rings is 1. The Labute approximate surface area is 255 Å². The molecule has 3 aliphatic rings. The van der Waals surface area contributed by atoms with E-state index in [0.717, 1.165) is 55.6 Å². The summed E-state index contributed by atoms with van der Waals surface area (Å²) >= 11 is 1.72. The first-order valence-corrected chi connectivity index (χ1v) is 16.6. The van der Waals surface area contributed by atoms with Gasteiger partial charge in [0.05, 0.1) is 5.39 Å². The second kappa shape index (κ2) is 14.1.